The summed E-state index contributed by atoms with van der Waals surface area (Å²) in [6.07, 6.45) is 3.56. The van der Waals surface area contributed by atoms with Crippen LogP contribution in [0.15, 0.2) is 71.3 Å². The molecule has 8 heteroatoms. The zero-order chi connectivity index (χ0) is 20.2. The number of amides is 1. The summed E-state index contributed by atoms with van der Waals surface area (Å²) in [5.41, 5.74) is 6.10. The highest BCUT2D eigenvalue weighted by molar-refractivity contribution is 7.15. The molecule has 2 aromatic heterocycles. The molecule has 0 unspecified atom stereocenters. The fraction of sp³-hybridized carbons (Fsp3) is 0.0476. The lowest BCUT2D eigenvalue weighted by Gasteiger charge is -2.00. The molecule has 4 rings (SSSR count). The molecular formula is C21H16N4O3S. The number of hydrazone groups is 1. The van der Waals surface area contributed by atoms with Crippen molar-refractivity contribution in [3.63, 3.8) is 0 Å². The molecule has 0 aliphatic rings. The fourth-order valence-electron chi connectivity index (χ4n) is 2.80. The minimum absolute atomic E-state index is 0.167. The Labute approximate surface area is 170 Å². The average molecular weight is 404 g/mol. The Kier molecular flexibility index (Phi) is 5.17. The van der Waals surface area contributed by atoms with Crippen LogP contribution in [-0.2, 0) is 11.2 Å². The van der Waals surface area contributed by atoms with Gasteiger partial charge in [0.05, 0.1) is 23.9 Å². The molecule has 0 aliphatic carbocycles. The molecule has 4 aromatic rings. The summed E-state index contributed by atoms with van der Waals surface area (Å²) >= 11 is 1.48. The van der Waals surface area contributed by atoms with Crippen LogP contribution in [-0.4, -0.2) is 32.6 Å². The van der Waals surface area contributed by atoms with Crippen molar-refractivity contribution >= 4 is 34.4 Å². The standard InChI is InChI=1S/C21H16N4O3S/c26-19(24-22-11-14-6-8-16(9-7-14)20(27)28)10-17-13-29-21-23-18(12-25(17)21)15-4-2-1-3-5-15/h1-9,11-13H,10H2,(H,24,26)(H,27,28)/b22-11+. The quantitative estimate of drug-likeness (QED) is 0.380. The molecule has 0 spiro atoms. The van der Waals surface area contributed by atoms with E-state index in [2.05, 4.69) is 15.5 Å². The summed E-state index contributed by atoms with van der Waals surface area (Å²) in [6.45, 7) is 0. The van der Waals surface area contributed by atoms with E-state index in [0.717, 1.165) is 21.9 Å². The smallest absolute Gasteiger partial charge is 0.335 e. The number of imidazole rings is 1. The van der Waals surface area contributed by atoms with E-state index in [1.807, 2.05) is 46.3 Å². The SMILES string of the molecule is O=C(Cc1csc2nc(-c3ccccc3)cn12)N/N=C/c1ccc(C(=O)O)cc1. The molecule has 0 atom stereocenters. The number of nitrogens with zero attached hydrogens (tertiary/aromatic N) is 3. The van der Waals surface area contributed by atoms with Gasteiger partial charge in [-0.1, -0.05) is 42.5 Å². The van der Waals surface area contributed by atoms with Crippen molar-refractivity contribution < 1.29 is 14.7 Å². The summed E-state index contributed by atoms with van der Waals surface area (Å²) in [6, 6.07) is 16.1. The van der Waals surface area contributed by atoms with Crippen molar-refractivity contribution in [1.29, 1.82) is 0 Å². The highest BCUT2D eigenvalue weighted by Crippen LogP contribution is 2.23. The van der Waals surface area contributed by atoms with Gasteiger partial charge in [0.15, 0.2) is 4.96 Å². The summed E-state index contributed by atoms with van der Waals surface area (Å²) in [7, 11) is 0. The van der Waals surface area contributed by atoms with Crippen LogP contribution in [0.4, 0.5) is 0 Å². The number of carboxylic acids is 1. The molecule has 0 radical (unpaired) electrons. The number of carbonyl (C=O) groups excluding carboxylic acids is 1. The monoisotopic (exact) mass is 404 g/mol. The zero-order valence-electron chi connectivity index (χ0n) is 15.1. The highest BCUT2D eigenvalue weighted by Gasteiger charge is 2.12. The minimum Gasteiger partial charge on any atom is -0.478 e. The maximum absolute atomic E-state index is 12.2. The molecule has 0 bridgehead atoms. The van der Waals surface area contributed by atoms with E-state index in [-0.39, 0.29) is 17.9 Å². The van der Waals surface area contributed by atoms with E-state index < -0.39 is 5.97 Å². The summed E-state index contributed by atoms with van der Waals surface area (Å²) in [4.78, 5) is 28.5. The van der Waals surface area contributed by atoms with E-state index in [1.165, 1.54) is 29.7 Å². The lowest BCUT2D eigenvalue weighted by molar-refractivity contribution is -0.120. The van der Waals surface area contributed by atoms with Gasteiger partial charge in [-0.2, -0.15) is 5.10 Å². The highest BCUT2D eigenvalue weighted by atomic mass is 32.1. The number of nitrogens with one attached hydrogen (secondary N) is 1. The van der Waals surface area contributed by atoms with Crippen molar-refractivity contribution in [1.82, 2.24) is 14.8 Å². The molecule has 7 nitrogen and oxygen atoms in total. The van der Waals surface area contributed by atoms with E-state index in [4.69, 9.17) is 5.11 Å². The zero-order valence-corrected chi connectivity index (χ0v) is 16.0. The number of benzene rings is 2. The number of hydrogen-bond acceptors (Lipinski definition) is 5. The first kappa shape index (κ1) is 18.6. The number of aromatic nitrogens is 2. The van der Waals surface area contributed by atoms with E-state index >= 15 is 0 Å². The fourth-order valence-corrected chi connectivity index (χ4v) is 3.67. The van der Waals surface area contributed by atoms with E-state index in [0.29, 0.717) is 5.56 Å². The van der Waals surface area contributed by atoms with E-state index in [1.54, 1.807) is 12.1 Å². The maximum Gasteiger partial charge on any atom is 0.335 e. The number of fused-ring (bicyclic) bond motifs is 1. The van der Waals surface area contributed by atoms with Crippen LogP contribution in [0.25, 0.3) is 16.2 Å². The Bertz CT molecular complexity index is 1190. The van der Waals surface area contributed by atoms with Gasteiger partial charge in [0.2, 0.25) is 5.91 Å². The van der Waals surface area contributed by atoms with Crippen molar-refractivity contribution in [3.05, 3.63) is 83.0 Å². The van der Waals surface area contributed by atoms with Crippen molar-refractivity contribution in [3.8, 4) is 11.3 Å². The third-order valence-electron chi connectivity index (χ3n) is 4.26. The van der Waals surface area contributed by atoms with Crippen molar-refractivity contribution in [2.24, 2.45) is 5.10 Å². The number of thiazole rings is 1. The van der Waals surface area contributed by atoms with Gasteiger partial charge >= 0.3 is 5.97 Å². The summed E-state index contributed by atoms with van der Waals surface area (Å²) < 4.78 is 1.92. The second-order valence-corrected chi connectivity index (χ2v) is 7.11. The lowest BCUT2D eigenvalue weighted by atomic mass is 10.1. The van der Waals surface area contributed by atoms with Crippen LogP contribution in [0.3, 0.4) is 0 Å². The molecular weight excluding hydrogens is 388 g/mol. The molecule has 0 saturated carbocycles. The third-order valence-corrected chi connectivity index (χ3v) is 5.14. The second-order valence-electron chi connectivity index (χ2n) is 6.27. The van der Waals surface area contributed by atoms with Gasteiger partial charge in [0.25, 0.3) is 0 Å². The molecule has 2 heterocycles. The predicted octanol–water partition coefficient (Wildman–Crippen LogP) is 3.45. The van der Waals surface area contributed by atoms with Gasteiger partial charge in [0, 0.05) is 22.8 Å². The van der Waals surface area contributed by atoms with Gasteiger partial charge in [-0.3, -0.25) is 9.20 Å². The first-order valence-corrected chi connectivity index (χ1v) is 9.64. The Morgan fingerprint density at radius 1 is 1.14 bits per heavy atom. The Morgan fingerprint density at radius 3 is 2.62 bits per heavy atom. The number of hydrogen-bond donors (Lipinski definition) is 2. The molecule has 0 aliphatic heterocycles. The maximum atomic E-state index is 12.2. The van der Waals surface area contributed by atoms with Crippen LogP contribution in [0.1, 0.15) is 21.6 Å². The van der Waals surface area contributed by atoms with Gasteiger partial charge < -0.3 is 5.11 Å². The molecule has 1 amide bonds. The van der Waals surface area contributed by atoms with Gasteiger partial charge in [-0.15, -0.1) is 11.3 Å². The third kappa shape index (κ3) is 4.22. The Balaban J connectivity index is 1.41. The van der Waals surface area contributed by atoms with Crippen LogP contribution in [0, 0.1) is 0 Å². The van der Waals surface area contributed by atoms with Gasteiger partial charge in [0.1, 0.15) is 0 Å². The Hall–Kier alpha value is -3.78. The Morgan fingerprint density at radius 2 is 1.90 bits per heavy atom. The lowest BCUT2D eigenvalue weighted by Crippen LogP contribution is -2.20. The second kappa shape index (κ2) is 8.07. The largest absolute Gasteiger partial charge is 0.478 e. The first-order valence-electron chi connectivity index (χ1n) is 8.76. The normalized spacial score (nSPS) is 11.2. The summed E-state index contributed by atoms with van der Waals surface area (Å²) in [5, 5.41) is 14.7. The first-order chi connectivity index (χ1) is 14.1. The van der Waals surface area contributed by atoms with Gasteiger partial charge in [-0.05, 0) is 17.7 Å². The molecule has 0 saturated heterocycles. The average Bonchev–Trinajstić information content (AvgIpc) is 3.31. The van der Waals surface area contributed by atoms with Crippen LogP contribution in [0.2, 0.25) is 0 Å². The molecule has 2 aromatic carbocycles. The molecule has 2 N–H and O–H groups in total. The number of rotatable bonds is 6. The van der Waals surface area contributed by atoms with Gasteiger partial charge in [-0.25, -0.2) is 15.2 Å². The van der Waals surface area contributed by atoms with E-state index in [9.17, 15) is 9.59 Å². The number of carbonyl (C=O) groups is 2. The predicted molar refractivity (Wildman–Crippen MR) is 111 cm³/mol. The minimum atomic E-state index is -0.987. The van der Waals surface area contributed by atoms with Crippen molar-refractivity contribution in [2.45, 2.75) is 6.42 Å². The van der Waals surface area contributed by atoms with Crippen LogP contribution < -0.4 is 5.43 Å². The van der Waals surface area contributed by atoms with Crippen molar-refractivity contribution in [2.75, 3.05) is 0 Å². The molecule has 144 valence electrons. The number of aromatic carboxylic acids is 1. The van der Waals surface area contributed by atoms with Crippen LogP contribution >= 0.6 is 11.3 Å². The molecule has 0 fully saturated rings. The summed E-state index contributed by atoms with van der Waals surface area (Å²) in [5.74, 6) is -1.24. The molecule has 29 heavy (non-hydrogen) atoms. The topological polar surface area (TPSA) is 96.1 Å². The van der Waals surface area contributed by atoms with Crippen LogP contribution in [0.5, 0.6) is 0 Å². The number of carboxylic acid groups (broad SMARTS) is 1.